The normalized spacial score (nSPS) is 10.6. The highest BCUT2D eigenvalue weighted by atomic mass is 32.1. The van der Waals surface area contributed by atoms with Gasteiger partial charge in [0.2, 0.25) is 11.0 Å². The molecular weight excluding hydrogens is 312 g/mol. The van der Waals surface area contributed by atoms with E-state index in [1.165, 1.54) is 11.5 Å². The first-order valence-electron chi connectivity index (χ1n) is 7.40. The Balaban J connectivity index is 1.94. The average molecular weight is 334 g/mol. The number of likely N-dealkylation sites (N-methyl/N-ethyl adjacent to an activating group) is 1. The molecule has 1 N–H and O–H groups in total. The Morgan fingerprint density at radius 1 is 1.39 bits per heavy atom. The Labute approximate surface area is 140 Å². The number of nitrogens with one attached hydrogen (secondary N) is 1. The Hall–Kier alpha value is -1.99. The van der Waals surface area contributed by atoms with Crippen molar-refractivity contribution >= 4 is 28.3 Å². The molecular formula is C16H22N4O2S. The van der Waals surface area contributed by atoms with Gasteiger partial charge in [-0.3, -0.25) is 4.79 Å². The van der Waals surface area contributed by atoms with Gasteiger partial charge in [-0.1, -0.05) is 12.1 Å². The van der Waals surface area contributed by atoms with Gasteiger partial charge in [-0.25, -0.2) is 4.98 Å². The van der Waals surface area contributed by atoms with Crippen LogP contribution in [0.3, 0.4) is 0 Å². The molecule has 1 aromatic heterocycles. The van der Waals surface area contributed by atoms with Crippen molar-refractivity contribution in [3.8, 4) is 0 Å². The maximum atomic E-state index is 12.2. The summed E-state index contributed by atoms with van der Waals surface area (Å²) in [6.07, 6.45) is 0.676. The highest BCUT2D eigenvalue weighted by Crippen LogP contribution is 2.19. The van der Waals surface area contributed by atoms with E-state index in [1.54, 1.807) is 12.0 Å². The van der Waals surface area contributed by atoms with Crippen LogP contribution in [0.25, 0.3) is 0 Å². The van der Waals surface area contributed by atoms with Crippen LogP contribution in [-0.4, -0.2) is 42.6 Å². The fourth-order valence-corrected chi connectivity index (χ4v) is 2.72. The van der Waals surface area contributed by atoms with E-state index < -0.39 is 0 Å². The Morgan fingerprint density at radius 3 is 2.91 bits per heavy atom. The topological polar surface area (TPSA) is 67.3 Å². The molecule has 0 atom stereocenters. The molecule has 0 fully saturated rings. The molecule has 1 amide bonds. The number of methoxy groups -OCH3 is 1. The van der Waals surface area contributed by atoms with E-state index in [-0.39, 0.29) is 12.5 Å². The van der Waals surface area contributed by atoms with Gasteiger partial charge in [0.1, 0.15) is 5.82 Å². The van der Waals surface area contributed by atoms with Gasteiger partial charge in [0.15, 0.2) is 0 Å². The number of nitrogens with zero attached hydrogens (tertiary/aromatic N) is 3. The molecule has 124 valence electrons. The fraction of sp³-hybridized carbons (Fsp3) is 0.438. The first kappa shape index (κ1) is 17.4. The van der Waals surface area contributed by atoms with E-state index in [2.05, 4.69) is 14.7 Å². The molecule has 0 aliphatic rings. The van der Waals surface area contributed by atoms with Gasteiger partial charge in [0, 0.05) is 37.8 Å². The molecule has 0 unspecified atom stereocenters. The lowest BCUT2D eigenvalue weighted by Gasteiger charge is -2.16. The van der Waals surface area contributed by atoms with Crippen LogP contribution in [0.1, 0.15) is 17.0 Å². The summed E-state index contributed by atoms with van der Waals surface area (Å²) in [6.45, 7) is 4.85. The first-order chi connectivity index (χ1) is 11.0. The minimum absolute atomic E-state index is 0.0742. The molecule has 6 nitrogen and oxygen atoms in total. The van der Waals surface area contributed by atoms with Crippen LogP contribution >= 0.6 is 11.5 Å². The second-order valence-electron chi connectivity index (χ2n) is 5.39. The smallest absolute Gasteiger partial charge is 0.243 e. The van der Waals surface area contributed by atoms with Crippen molar-refractivity contribution in [2.45, 2.75) is 20.3 Å². The zero-order valence-electron chi connectivity index (χ0n) is 13.9. The Kier molecular flexibility index (Phi) is 6.06. The maximum Gasteiger partial charge on any atom is 0.243 e. The number of aromatic nitrogens is 2. The lowest BCUT2D eigenvalue weighted by Crippen LogP contribution is -2.30. The largest absolute Gasteiger partial charge is 0.384 e. The molecule has 1 heterocycles. The second kappa shape index (κ2) is 8.03. The molecule has 0 spiro atoms. The number of rotatable bonds is 7. The Morgan fingerprint density at radius 2 is 2.17 bits per heavy atom. The van der Waals surface area contributed by atoms with Crippen molar-refractivity contribution in [3.63, 3.8) is 0 Å². The summed E-state index contributed by atoms with van der Waals surface area (Å²) in [5.41, 5.74) is 3.09. The standard InChI is InChI=1S/C16H22N4O2S/c1-11-6-5-7-13(12(11)2)17-15(21)10-20(3)16-18-14(19-23-16)8-9-22-4/h5-7H,8-10H2,1-4H3,(H,17,21). The van der Waals surface area contributed by atoms with E-state index in [0.29, 0.717) is 13.0 Å². The molecule has 0 saturated carbocycles. The van der Waals surface area contributed by atoms with Gasteiger partial charge < -0.3 is 15.0 Å². The zero-order valence-corrected chi connectivity index (χ0v) is 14.7. The van der Waals surface area contributed by atoms with Gasteiger partial charge in [0.05, 0.1) is 13.2 Å². The van der Waals surface area contributed by atoms with Gasteiger partial charge in [-0.2, -0.15) is 4.37 Å². The quantitative estimate of drug-likeness (QED) is 0.842. The average Bonchev–Trinajstić information content (AvgIpc) is 2.99. The molecule has 0 saturated heterocycles. The highest BCUT2D eigenvalue weighted by Gasteiger charge is 2.13. The van der Waals surface area contributed by atoms with E-state index in [1.807, 2.05) is 39.1 Å². The summed E-state index contributed by atoms with van der Waals surface area (Å²) in [5.74, 6) is 0.670. The van der Waals surface area contributed by atoms with Crippen LogP contribution in [0.15, 0.2) is 18.2 Å². The number of ether oxygens (including phenoxy) is 1. The third-order valence-electron chi connectivity index (χ3n) is 3.57. The lowest BCUT2D eigenvalue weighted by molar-refractivity contribution is -0.114. The SMILES string of the molecule is COCCc1nsc(N(C)CC(=O)Nc2cccc(C)c2C)n1. The predicted molar refractivity (Wildman–Crippen MR) is 93.3 cm³/mol. The summed E-state index contributed by atoms with van der Waals surface area (Å²) in [4.78, 5) is 18.4. The number of hydrogen-bond acceptors (Lipinski definition) is 6. The minimum Gasteiger partial charge on any atom is -0.384 e. The molecule has 0 aliphatic carbocycles. The maximum absolute atomic E-state index is 12.2. The third-order valence-corrected chi connectivity index (χ3v) is 4.44. The molecule has 1 aromatic carbocycles. The molecule has 2 rings (SSSR count). The number of anilines is 2. The number of aryl methyl sites for hydroxylation is 1. The van der Waals surface area contributed by atoms with Crippen molar-refractivity contribution in [1.82, 2.24) is 9.36 Å². The summed E-state index contributed by atoms with van der Waals surface area (Å²) in [6, 6.07) is 5.88. The summed E-state index contributed by atoms with van der Waals surface area (Å²) in [5, 5.41) is 3.68. The van der Waals surface area contributed by atoms with Crippen molar-refractivity contribution in [3.05, 3.63) is 35.2 Å². The zero-order chi connectivity index (χ0) is 16.8. The molecule has 0 radical (unpaired) electrons. The molecule has 2 aromatic rings. The van der Waals surface area contributed by atoms with E-state index >= 15 is 0 Å². The van der Waals surface area contributed by atoms with Crippen LogP contribution in [0.2, 0.25) is 0 Å². The van der Waals surface area contributed by atoms with E-state index in [0.717, 1.165) is 27.8 Å². The first-order valence-corrected chi connectivity index (χ1v) is 8.17. The van der Waals surface area contributed by atoms with Crippen molar-refractivity contribution < 1.29 is 9.53 Å². The van der Waals surface area contributed by atoms with Gasteiger partial charge >= 0.3 is 0 Å². The molecule has 0 bridgehead atoms. The summed E-state index contributed by atoms with van der Waals surface area (Å²) < 4.78 is 9.28. The van der Waals surface area contributed by atoms with Crippen LogP contribution in [0, 0.1) is 13.8 Å². The van der Waals surface area contributed by atoms with Crippen LogP contribution in [0.5, 0.6) is 0 Å². The summed E-state index contributed by atoms with van der Waals surface area (Å²) in [7, 11) is 3.49. The number of carbonyl (C=O) groups excluding carboxylic acids is 1. The fourth-order valence-electron chi connectivity index (χ4n) is 2.05. The number of carbonyl (C=O) groups is 1. The van der Waals surface area contributed by atoms with Crippen molar-refractivity contribution in [2.24, 2.45) is 0 Å². The van der Waals surface area contributed by atoms with Crippen LogP contribution in [-0.2, 0) is 16.0 Å². The Bertz CT molecular complexity index is 672. The predicted octanol–water partition coefficient (Wildman–Crippen LogP) is 2.42. The monoisotopic (exact) mass is 334 g/mol. The molecule has 0 aliphatic heterocycles. The molecule has 23 heavy (non-hydrogen) atoms. The van der Waals surface area contributed by atoms with Crippen molar-refractivity contribution in [1.29, 1.82) is 0 Å². The van der Waals surface area contributed by atoms with Crippen LogP contribution in [0.4, 0.5) is 10.8 Å². The van der Waals surface area contributed by atoms with Crippen LogP contribution < -0.4 is 10.2 Å². The van der Waals surface area contributed by atoms with Gasteiger partial charge in [-0.05, 0) is 31.0 Å². The molecule has 7 heteroatoms. The second-order valence-corrected chi connectivity index (χ2v) is 6.12. The summed E-state index contributed by atoms with van der Waals surface area (Å²) >= 11 is 1.29. The van der Waals surface area contributed by atoms with Gasteiger partial charge in [0.25, 0.3) is 0 Å². The number of benzene rings is 1. The van der Waals surface area contributed by atoms with Gasteiger partial charge in [-0.15, -0.1) is 0 Å². The highest BCUT2D eigenvalue weighted by molar-refractivity contribution is 7.09. The number of hydrogen-bond donors (Lipinski definition) is 1. The van der Waals surface area contributed by atoms with Crippen molar-refractivity contribution in [2.75, 3.05) is 37.5 Å². The minimum atomic E-state index is -0.0742. The van der Waals surface area contributed by atoms with E-state index in [4.69, 9.17) is 4.74 Å². The third kappa shape index (κ3) is 4.74. The van der Waals surface area contributed by atoms with E-state index in [9.17, 15) is 4.79 Å². The lowest BCUT2D eigenvalue weighted by atomic mass is 10.1. The number of amides is 1.